The van der Waals surface area contributed by atoms with Gasteiger partial charge in [0.2, 0.25) is 5.91 Å². The second kappa shape index (κ2) is 13.1. The highest BCUT2D eigenvalue weighted by atomic mass is 127. The zero-order valence-electron chi connectivity index (χ0n) is 15.4. The van der Waals surface area contributed by atoms with Gasteiger partial charge < -0.3 is 16.0 Å². The number of guanidine groups is 1. The number of nitrogens with one attached hydrogen (secondary N) is 3. The number of anilines is 1. The summed E-state index contributed by atoms with van der Waals surface area (Å²) in [5.74, 6) is 0.667. The fraction of sp³-hybridized carbons (Fsp3) is 0.389. The molecule has 0 atom stereocenters. The Hall–Kier alpha value is -1.20. The van der Waals surface area contributed by atoms with Gasteiger partial charge in [0.15, 0.2) is 5.96 Å². The normalized spacial score (nSPS) is 10.9. The molecule has 0 aliphatic rings. The Balaban J connectivity index is 0.00000364. The molecule has 148 valence electrons. The Bertz CT molecular complexity index is 736. The zero-order valence-corrected chi connectivity index (χ0v) is 20.2. The maximum atomic E-state index is 12.0. The van der Waals surface area contributed by atoms with Crippen LogP contribution in [0.4, 0.5) is 5.69 Å². The van der Waals surface area contributed by atoms with Crippen LogP contribution < -0.4 is 16.0 Å². The smallest absolute Gasteiger partial charge is 0.226 e. The number of aliphatic imine (C=N–C) groups is 1. The summed E-state index contributed by atoms with van der Waals surface area (Å²) in [4.78, 5) is 20.9. The second-order valence-corrected chi connectivity index (χ2v) is 7.58. The summed E-state index contributed by atoms with van der Waals surface area (Å²) in [6, 6.07) is 7.50. The van der Waals surface area contributed by atoms with Crippen LogP contribution in [-0.4, -0.2) is 36.5 Å². The number of aromatic nitrogens is 1. The van der Waals surface area contributed by atoms with Crippen LogP contribution in [0.2, 0.25) is 0 Å². The molecule has 1 heterocycles. The van der Waals surface area contributed by atoms with Gasteiger partial charge in [0.25, 0.3) is 0 Å². The van der Waals surface area contributed by atoms with Gasteiger partial charge in [-0.25, -0.2) is 4.98 Å². The van der Waals surface area contributed by atoms with E-state index in [-0.39, 0.29) is 29.9 Å². The Morgan fingerprint density at radius 2 is 2.00 bits per heavy atom. The maximum absolute atomic E-state index is 12.0. The van der Waals surface area contributed by atoms with Gasteiger partial charge in [-0.3, -0.25) is 9.79 Å². The number of carbonyl (C=O) groups is 1. The van der Waals surface area contributed by atoms with E-state index in [2.05, 4.69) is 47.2 Å². The first-order valence-corrected chi connectivity index (χ1v) is 10.2. The predicted octanol–water partition coefficient (Wildman–Crippen LogP) is 3.96. The molecule has 0 aliphatic heterocycles. The SMILES string of the molecule is CCNC(=NCCC(=O)Nc1ccc(Br)cc1)NCCc1csc(C)n1.I. The molecule has 3 N–H and O–H groups in total. The average Bonchev–Trinajstić information content (AvgIpc) is 3.02. The van der Waals surface area contributed by atoms with Crippen molar-refractivity contribution in [3.8, 4) is 0 Å². The minimum absolute atomic E-state index is 0. The Labute approximate surface area is 189 Å². The van der Waals surface area contributed by atoms with Gasteiger partial charge in [0, 0.05) is 41.5 Å². The van der Waals surface area contributed by atoms with Crippen molar-refractivity contribution in [2.45, 2.75) is 26.7 Å². The number of hydrogen-bond donors (Lipinski definition) is 3. The van der Waals surface area contributed by atoms with Gasteiger partial charge in [-0.05, 0) is 38.1 Å². The van der Waals surface area contributed by atoms with E-state index in [1.54, 1.807) is 11.3 Å². The minimum Gasteiger partial charge on any atom is -0.357 e. The number of hydrogen-bond acceptors (Lipinski definition) is 4. The van der Waals surface area contributed by atoms with Gasteiger partial charge in [-0.1, -0.05) is 15.9 Å². The van der Waals surface area contributed by atoms with E-state index in [9.17, 15) is 4.79 Å². The quantitative estimate of drug-likeness (QED) is 0.257. The van der Waals surface area contributed by atoms with E-state index in [0.29, 0.717) is 13.0 Å². The molecule has 0 bridgehead atoms. The number of aryl methyl sites for hydroxylation is 1. The summed E-state index contributed by atoms with van der Waals surface area (Å²) in [5, 5.41) is 12.5. The van der Waals surface area contributed by atoms with Crippen molar-refractivity contribution in [2.24, 2.45) is 4.99 Å². The van der Waals surface area contributed by atoms with Crippen LogP contribution in [0.1, 0.15) is 24.0 Å². The van der Waals surface area contributed by atoms with Gasteiger partial charge in [0.05, 0.1) is 17.2 Å². The van der Waals surface area contributed by atoms with E-state index in [0.717, 1.165) is 46.3 Å². The minimum atomic E-state index is -0.0510. The zero-order chi connectivity index (χ0) is 18.8. The van der Waals surface area contributed by atoms with Crippen molar-refractivity contribution in [3.63, 3.8) is 0 Å². The lowest BCUT2D eigenvalue weighted by Gasteiger charge is -2.10. The Kier molecular flexibility index (Phi) is 11.5. The third-order valence-corrected chi connectivity index (χ3v) is 4.77. The van der Waals surface area contributed by atoms with E-state index < -0.39 is 0 Å². The topological polar surface area (TPSA) is 78.4 Å². The molecule has 1 aromatic heterocycles. The molecule has 0 aliphatic carbocycles. The van der Waals surface area contributed by atoms with E-state index in [1.807, 2.05) is 38.1 Å². The molecule has 1 amide bonds. The fourth-order valence-corrected chi connectivity index (χ4v) is 3.11. The van der Waals surface area contributed by atoms with Crippen LogP contribution in [0.25, 0.3) is 0 Å². The molecule has 2 rings (SSSR count). The number of nitrogens with zero attached hydrogens (tertiary/aromatic N) is 2. The molecule has 0 spiro atoms. The molecule has 0 fully saturated rings. The molecule has 9 heteroatoms. The van der Waals surface area contributed by atoms with Gasteiger partial charge in [-0.15, -0.1) is 35.3 Å². The fourth-order valence-electron chi connectivity index (χ4n) is 2.20. The monoisotopic (exact) mass is 565 g/mol. The summed E-state index contributed by atoms with van der Waals surface area (Å²) < 4.78 is 0.981. The first-order valence-electron chi connectivity index (χ1n) is 8.55. The molecule has 27 heavy (non-hydrogen) atoms. The highest BCUT2D eigenvalue weighted by Gasteiger charge is 2.04. The second-order valence-electron chi connectivity index (χ2n) is 5.60. The molecule has 1 aromatic carbocycles. The third kappa shape index (κ3) is 9.52. The number of benzene rings is 1. The number of halogens is 2. The maximum Gasteiger partial charge on any atom is 0.226 e. The molecule has 6 nitrogen and oxygen atoms in total. The van der Waals surface area contributed by atoms with Crippen molar-refractivity contribution in [1.82, 2.24) is 15.6 Å². The number of carbonyl (C=O) groups excluding carboxylic acids is 1. The van der Waals surface area contributed by atoms with Crippen LogP contribution in [0.5, 0.6) is 0 Å². The van der Waals surface area contributed by atoms with E-state index >= 15 is 0 Å². The Morgan fingerprint density at radius 1 is 1.26 bits per heavy atom. The van der Waals surface area contributed by atoms with Gasteiger partial charge in [-0.2, -0.15) is 0 Å². The largest absolute Gasteiger partial charge is 0.357 e. The number of thiazole rings is 1. The lowest BCUT2D eigenvalue weighted by Crippen LogP contribution is -2.38. The first-order chi connectivity index (χ1) is 12.6. The van der Waals surface area contributed by atoms with Gasteiger partial charge in [0.1, 0.15) is 0 Å². The van der Waals surface area contributed by atoms with Crippen LogP contribution in [0.3, 0.4) is 0 Å². The molecule has 0 radical (unpaired) electrons. The predicted molar refractivity (Wildman–Crippen MR) is 127 cm³/mol. The highest BCUT2D eigenvalue weighted by molar-refractivity contribution is 14.0. The molecule has 0 saturated heterocycles. The number of rotatable bonds is 8. The van der Waals surface area contributed by atoms with Crippen molar-refractivity contribution in [2.75, 3.05) is 25.0 Å². The highest BCUT2D eigenvalue weighted by Crippen LogP contribution is 2.14. The molecular formula is C18H25BrIN5OS. The van der Waals surface area contributed by atoms with Crippen LogP contribution in [0, 0.1) is 6.92 Å². The molecule has 0 unspecified atom stereocenters. The van der Waals surface area contributed by atoms with Crippen LogP contribution in [-0.2, 0) is 11.2 Å². The lowest BCUT2D eigenvalue weighted by atomic mass is 10.3. The molecule has 2 aromatic rings. The van der Waals surface area contributed by atoms with Gasteiger partial charge >= 0.3 is 0 Å². The van der Waals surface area contributed by atoms with Crippen molar-refractivity contribution >= 4 is 68.8 Å². The Morgan fingerprint density at radius 3 is 2.63 bits per heavy atom. The summed E-state index contributed by atoms with van der Waals surface area (Å²) in [5.41, 5.74) is 1.87. The number of amides is 1. The lowest BCUT2D eigenvalue weighted by molar-refractivity contribution is -0.116. The van der Waals surface area contributed by atoms with Crippen molar-refractivity contribution in [3.05, 3.63) is 44.8 Å². The van der Waals surface area contributed by atoms with E-state index in [4.69, 9.17) is 0 Å². The standard InChI is InChI=1S/C18H24BrN5OS.HI/c1-3-20-18(21-10-8-16-12-26-13(2)23-16)22-11-9-17(25)24-15-6-4-14(19)5-7-15;/h4-7,12H,3,8-11H2,1-2H3,(H,24,25)(H2,20,21,22);1H. The summed E-state index contributed by atoms with van der Waals surface area (Å²) in [6.07, 6.45) is 1.18. The summed E-state index contributed by atoms with van der Waals surface area (Å²) in [6.45, 7) is 5.97. The van der Waals surface area contributed by atoms with E-state index in [1.165, 1.54) is 0 Å². The molecule has 0 saturated carbocycles. The van der Waals surface area contributed by atoms with Crippen LogP contribution in [0.15, 0.2) is 39.1 Å². The summed E-state index contributed by atoms with van der Waals surface area (Å²) >= 11 is 5.03. The summed E-state index contributed by atoms with van der Waals surface area (Å²) in [7, 11) is 0. The molecular weight excluding hydrogens is 541 g/mol. The van der Waals surface area contributed by atoms with Crippen molar-refractivity contribution in [1.29, 1.82) is 0 Å². The van der Waals surface area contributed by atoms with Crippen molar-refractivity contribution < 1.29 is 4.79 Å². The first kappa shape index (κ1) is 23.8. The van der Waals surface area contributed by atoms with Crippen LogP contribution >= 0.6 is 51.2 Å². The average molecular weight is 566 g/mol. The third-order valence-electron chi connectivity index (χ3n) is 3.42.